The lowest BCUT2D eigenvalue weighted by Crippen LogP contribution is -2.41. The average molecular weight is 720 g/mol. The van der Waals surface area contributed by atoms with Crippen molar-refractivity contribution < 1.29 is 47.6 Å². The number of carbonyl (C=O) groups is 5. The number of carbonyl (C=O) groups excluding carboxylic acids is 4. The van der Waals surface area contributed by atoms with Crippen LogP contribution in [0.15, 0.2) is 35.3 Å². The molecule has 2 atom stereocenters. The molecule has 0 fully saturated rings. The van der Waals surface area contributed by atoms with E-state index in [4.69, 9.17) is 5.73 Å². The predicted molar refractivity (Wildman–Crippen MR) is 177 cm³/mol. The number of amides is 3. The number of hydrogen-bond acceptors (Lipinski definition) is 14. The molecule has 50 heavy (non-hydrogen) atoms. The number of phosphoric ester groups is 1. The molecule has 3 amide bonds. The lowest BCUT2D eigenvalue weighted by Gasteiger charge is -2.15. The second-order valence-electron chi connectivity index (χ2n) is 10.5. The van der Waals surface area contributed by atoms with Crippen LogP contribution in [0.3, 0.4) is 0 Å². The van der Waals surface area contributed by atoms with Gasteiger partial charge in [-0.1, -0.05) is 0 Å². The number of nitrogens with one attached hydrogen (secondary N) is 5. The number of anilines is 2. The number of nitrogen functional groups attached to an aromatic ring is 1. The van der Waals surface area contributed by atoms with Crippen LogP contribution in [-0.4, -0.2) is 91.8 Å². The molecule has 0 bridgehead atoms. The lowest BCUT2D eigenvalue weighted by atomic mass is 10.1. The zero-order valence-electron chi connectivity index (χ0n) is 27.0. The van der Waals surface area contributed by atoms with Gasteiger partial charge < -0.3 is 37.0 Å². The summed E-state index contributed by atoms with van der Waals surface area (Å²) in [7, 11) is -4.16. The first-order valence-electron chi connectivity index (χ1n) is 15.3. The highest BCUT2D eigenvalue weighted by molar-refractivity contribution is 7.47. The molecule has 20 nitrogen and oxygen atoms in total. The predicted octanol–water partition coefficient (Wildman–Crippen LogP) is -0.00410. The first-order valence-corrected chi connectivity index (χ1v) is 16.8. The molecule has 0 spiro atoms. The third-order valence-corrected chi connectivity index (χ3v) is 7.79. The third-order valence-electron chi connectivity index (χ3n) is 6.70. The van der Waals surface area contributed by atoms with Crippen LogP contribution in [0.5, 0.6) is 0 Å². The Bertz CT molecular complexity index is 1790. The largest absolute Gasteiger partial charge is 0.480 e. The highest BCUT2D eigenvalue weighted by Crippen LogP contribution is 2.42. The molecule has 0 aliphatic heterocycles. The van der Waals surface area contributed by atoms with Crippen molar-refractivity contribution in [1.82, 2.24) is 35.9 Å². The molecule has 0 saturated heterocycles. The fourth-order valence-corrected chi connectivity index (χ4v) is 4.94. The highest BCUT2D eigenvalue weighted by atomic mass is 31.2. The second-order valence-corrected chi connectivity index (χ2v) is 12.0. The number of nitrogens with zero attached hydrogens (tertiary/aromatic N) is 3. The minimum Gasteiger partial charge on any atom is -0.480 e. The van der Waals surface area contributed by atoms with Gasteiger partial charge in [0.25, 0.3) is 11.5 Å². The number of aromatic amines is 1. The number of benzene rings is 1. The molecule has 0 aliphatic rings. The van der Waals surface area contributed by atoms with E-state index in [2.05, 4.69) is 50.3 Å². The van der Waals surface area contributed by atoms with Crippen LogP contribution in [0.4, 0.5) is 11.6 Å². The van der Waals surface area contributed by atoms with Gasteiger partial charge in [0.1, 0.15) is 11.8 Å². The summed E-state index contributed by atoms with van der Waals surface area (Å²) < 4.78 is 20.5. The standard InChI is InChI=1S/C29H38N9O11P/c1-2-48-50(46,47)49-14-13-32-23(41)10-9-22(40)31-12-11-20(39)7-8-21(28(44)45)36-26(42)17-3-5-18(6-4-17)33-15-19-16-34-25-24(35-19)27(43)38-29(30)37-25/h3-6,16,21,33H,2,7-15H2,1H3,(H,31,40)(H,32,41)(H,36,42)(H,44,45)(H,46,47)(H3,30,34,37,38,43). The summed E-state index contributed by atoms with van der Waals surface area (Å²) in [6.45, 7) is 1.33. The van der Waals surface area contributed by atoms with Gasteiger partial charge in [-0.05, 0) is 37.6 Å². The van der Waals surface area contributed by atoms with Crippen molar-refractivity contribution in [2.45, 2.75) is 51.6 Å². The van der Waals surface area contributed by atoms with Crippen LogP contribution in [0, 0.1) is 0 Å². The number of aromatic nitrogens is 4. The smallest absolute Gasteiger partial charge is 0.472 e. The van der Waals surface area contributed by atoms with Crippen LogP contribution < -0.4 is 32.6 Å². The van der Waals surface area contributed by atoms with Gasteiger partial charge in [0.15, 0.2) is 11.2 Å². The molecule has 2 unspecified atom stereocenters. The minimum absolute atomic E-state index is 0.0202. The molecule has 3 aromatic rings. The summed E-state index contributed by atoms with van der Waals surface area (Å²) in [5.74, 6) is -3.37. The van der Waals surface area contributed by atoms with E-state index in [0.717, 1.165) is 0 Å². The summed E-state index contributed by atoms with van der Waals surface area (Å²) in [6, 6.07) is 4.80. The van der Waals surface area contributed by atoms with E-state index >= 15 is 0 Å². The number of carboxylic acid groups (broad SMARTS) is 1. The number of aliphatic carboxylic acids is 1. The zero-order chi connectivity index (χ0) is 36.7. The third kappa shape index (κ3) is 13.3. The molecule has 270 valence electrons. The van der Waals surface area contributed by atoms with E-state index in [1.807, 2.05) is 0 Å². The number of H-pyrrole nitrogens is 1. The monoisotopic (exact) mass is 719 g/mol. The molecular weight excluding hydrogens is 681 g/mol. The number of Topliss-reactive ketones (excluding diaryl/α,β-unsaturated/α-hetero) is 1. The number of carboxylic acids is 1. The Morgan fingerprint density at radius 1 is 0.980 bits per heavy atom. The fourth-order valence-electron chi connectivity index (χ4n) is 4.21. The van der Waals surface area contributed by atoms with Crippen LogP contribution in [0.2, 0.25) is 0 Å². The molecule has 0 aliphatic carbocycles. The number of fused-ring (bicyclic) bond motifs is 1. The quantitative estimate of drug-likeness (QED) is 0.0530. The van der Waals surface area contributed by atoms with E-state index in [-0.39, 0.29) is 93.4 Å². The van der Waals surface area contributed by atoms with Crippen LogP contribution in [0.25, 0.3) is 11.2 Å². The molecule has 21 heteroatoms. The van der Waals surface area contributed by atoms with Gasteiger partial charge in [0.05, 0.1) is 31.6 Å². The van der Waals surface area contributed by atoms with Crippen molar-refractivity contribution in [3.05, 3.63) is 52.1 Å². The van der Waals surface area contributed by atoms with Crippen molar-refractivity contribution >= 4 is 60.1 Å². The van der Waals surface area contributed by atoms with Gasteiger partial charge >= 0.3 is 13.8 Å². The summed E-state index contributed by atoms with van der Waals surface area (Å²) in [4.78, 5) is 96.5. The Kier molecular flexibility index (Phi) is 14.9. The average Bonchev–Trinajstić information content (AvgIpc) is 3.06. The van der Waals surface area contributed by atoms with Gasteiger partial charge in [-0.25, -0.2) is 19.3 Å². The Hall–Kier alpha value is -5.30. The van der Waals surface area contributed by atoms with Crippen LogP contribution >= 0.6 is 7.82 Å². The molecule has 2 heterocycles. The first-order chi connectivity index (χ1) is 23.8. The van der Waals surface area contributed by atoms with Crippen molar-refractivity contribution in [1.29, 1.82) is 0 Å². The van der Waals surface area contributed by atoms with Gasteiger partial charge in [-0.2, -0.15) is 4.98 Å². The van der Waals surface area contributed by atoms with Gasteiger partial charge in [0, 0.05) is 50.0 Å². The Morgan fingerprint density at radius 3 is 2.32 bits per heavy atom. The van der Waals surface area contributed by atoms with E-state index in [1.165, 1.54) is 25.3 Å². The molecule has 0 saturated carbocycles. The van der Waals surface area contributed by atoms with Crippen LogP contribution in [0.1, 0.15) is 55.1 Å². The fraction of sp³-hybridized carbons (Fsp3) is 0.414. The second kappa shape index (κ2) is 19.0. The summed E-state index contributed by atoms with van der Waals surface area (Å²) in [5.41, 5.74) is 6.35. The Morgan fingerprint density at radius 2 is 1.66 bits per heavy atom. The molecule has 9 N–H and O–H groups in total. The number of rotatable bonds is 21. The maximum atomic E-state index is 12.7. The number of nitrogens with two attached hydrogens (primary N) is 1. The molecular formula is C29H38N9O11P. The minimum atomic E-state index is -4.16. The van der Waals surface area contributed by atoms with Gasteiger partial charge in [-0.15, -0.1) is 0 Å². The first kappa shape index (κ1) is 39.1. The zero-order valence-corrected chi connectivity index (χ0v) is 27.9. The highest BCUT2D eigenvalue weighted by Gasteiger charge is 2.22. The summed E-state index contributed by atoms with van der Waals surface area (Å²) in [6.07, 6.45) is 0.672. The van der Waals surface area contributed by atoms with E-state index < -0.39 is 43.1 Å². The lowest BCUT2D eigenvalue weighted by molar-refractivity contribution is -0.139. The molecule has 3 rings (SSSR count). The Balaban J connectivity index is 1.34. The van der Waals surface area contributed by atoms with Gasteiger partial charge in [-0.3, -0.25) is 38.0 Å². The van der Waals surface area contributed by atoms with Gasteiger partial charge in [0.2, 0.25) is 17.8 Å². The van der Waals surface area contributed by atoms with E-state index in [9.17, 15) is 43.3 Å². The topological polar surface area (TPSA) is 307 Å². The van der Waals surface area contributed by atoms with Crippen molar-refractivity contribution in [3.8, 4) is 0 Å². The van der Waals surface area contributed by atoms with Crippen molar-refractivity contribution in [2.24, 2.45) is 0 Å². The number of hydrogen-bond donors (Lipinski definition) is 8. The molecule has 2 aromatic heterocycles. The molecule has 0 radical (unpaired) electrons. The van der Waals surface area contributed by atoms with Crippen molar-refractivity contribution in [2.75, 3.05) is 37.4 Å². The normalized spacial score (nSPS) is 12.8. The van der Waals surface area contributed by atoms with E-state index in [0.29, 0.717) is 11.4 Å². The van der Waals surface area contributed by atoms with E-state index in [1.54, 1.807) is 12.1 Å². The number of ketones is 1. The van der Waals surface area contributed by atoms with Crippen LogP contribution in [-0.2, 0) is 39.3 Å². The van der Waals surface area contributed by atoms with Crippen molar-refractivity contribution in [3.63, 3.8) is 0 Å². The molecule has 1 aromatic carbocycles. The summed E-state index contributed by atoms with van der Waals surface area (Å²) >= 11 is 0. The maximum absolute atomic E-state index is 12.7. The summed E-state index contributed by atoms with van der Waals surface area (Å²) in [5, 5.41) is 20.0. The Labute approximate surface area is 284 Å². The SMILES string of the molecule is CCOP(=O)(O)OCCNC(=O)CCC(=O)NCCC(=O)CCC(NC(=O)c1ccc(NCc2cnc3nc(N)[nH]c(=O)c3n2)cc1)C(=O)O. The maximum Gasteiger partial charge on any atom is 0.472 e. The number of phosphoric acid groups is 1.